The number of nitrogens with one attached hydrogen (secondary N) is 2. The summed E-state index contributed by atoms with van der Waals surface area (Å²) in [5.41, 5.74) is 1.32. The van der Waals surface area contributed by atoms with Crippen LogP contribution in [-0.2, 0) is 11.8 Å². The molecule has 180 valence electrons. The third-order valence-electron chi connectivity index (χ3n) is 5.97. The molecule has 7 nitrogen and oxygen atoms in total. The minimum Gasteiger partial charge on any atom is -0.383 e. The van der Waals surface area contributed by atoms with Crippen molar-refractivity contribution in [1.29, 1.82) is 0 Å². The lowest BCUT2D eigenvalue weighted by molar-refractivity contribution is 0.159. The van der Waals surface area contributed by atoms with Crippen LogP contribution in [0.3, 0.4) is 0 Å². The first kappa shape index (κ1) is 23.8. The van der Waals surface area contributed by atoms with Gasteiger partial charge in [-0.3, -0.25) is 14.9 Å². The number of rotatable bonds is 7. The number of nitrogens with zero attached hydrogens (tertiary/aromatic N) is 3. The van der Waals surface area contributed by atoms with E-state index in [-0.39, 0.29) is 12.0 Å². The number of ether oxygens (including phenoxy) is 1. The molecule has 2 N–H and O–H groups in total. The van der Waals surface area contributed by atoms with Crippen LogP contribution in [0.15, 0.2) is 48.5 Å². The van der Waals surface area contributed by atoms with E-state index in [1.807, 2.05) is 0 Å². The molecular formula is C24H26F3N5O2. The molecule has 0 spiro atoms. The predicted octanol–water partition coefficient (Wildman–Crippen LogP) is 3.74. The van der Waals surface area contributed by atoms with Crippen molar-refractivity contribution in [1.82, 2.24) is 20.0 Å². The molecule has 1 aliphatic heterocycles. The zero-order chi connectivity index (χ0) is 24.2. The number of likely N-dealkylation sites (tertiary alicyclic amines) is 1. The first-order chi connectivity index (χ1) is 16.4. The van der Waals surface area contributed by atoms with Gasteiger partial charge in [0.15, 0.2) is 11.6 Å². The highest BCUT2D eigenvalue weighted by atomic mass is 19.2. The number of hydrogen-bond donors (Lipinski definition) is 2. The highest BCUT2D eigenvalue weighted by Gasteiger charge is 2.35. The van der Waals surface area contributed by atoms with Crippen molar-refractivity contribution in [3.05, 3.63) is 71.5 Å². The molecule has 2 heterocycles. The average molecular weight is 473 g/mol. The molecule has 2 atom stereocenters. The molecule has 0 aliphatic carbocycles. The number of halogens is 3. The normalized spacial score (nSPS) is 18.3. The number of methoxy groups -OCH3 is 1. The first-order valence-corrected chi connectivity index (χ1v) is 10.9. The van der Waals surface area contributed by atoms with E-state index < -0.39 is 23.5 Å². The molecule has 1 aliphatic rings. The fourth-order valence-electron chi connectivity index (χ4n) is 4.22. The van der Waals surface area contributed by atoms with Crippen LogP contribution >= 0.6 is 0 Å². The van der Waals surface area contributed by atoms with E-state index >= 15 is 0 Å². The van der Waals surface area contributed by atoms with Crippen LogP contribution in [0.25, 0.3) is 11.3 Å². The van der Waals surface area contributed by atoms with E-state index in [0.29, 0.717) is 48.9 Å². The van der Waals surface area contributed by atoms with E-state index in [1.165, 1.54) is 22.9 Å². The molecule has 0 bridgehead atoms. The number of carbonyl (C=O) groups excluding carboxylic acids is 1. The Morgan fingerprint density at radius 2 is 1.88 bits per heavy atom. The van der Waals surface area contributed by atoms with Crippen LogP contribution in [0.1, 0.15) is 11.5 Å². The zero-order valence-electron chi connectivity index (χ0n) is 18.9. The van der Waals surface area contributed by atoms with Crippen molar-refractivity contribution >= 4 is 11.8 Å². The lowest BCUT2D eigenvalue weighted by atomic mass is 9.94. The van der Waals surface area contributed by atoms with Crippen molar-refractivity contribution in [2.45, 2.75) is 12.0 Å². The molecule has 2 amide bonds. The summed E-state index contributed by atoms with van der Waals surface area (Å²) < 4.78 is 48.1. The number of amides is 2. The molecule has 1 fully saturated rings. The number of benzene rings is 2. The molecule has 3 aromatic rings. The van der Waals surface area contributed by atoms with Crippen LogP contribution in [0.4, 0.5) is 23.8 Å². The SMILES string of the molecule is COCCN1CC(NC(=O)Nc2cc(-c3ccccc3F)nn2C)C(c2ccc(F)c(F)c2)C1. The fraction of sp³-hybridized carbons (Fsp3) is 0.333. The summed E-state index contributed by atoms with van der Waals surface area (Å²) in [5.74, 6) is -2.10. The second-order valence-electron chi connectivity index (χ2n) is 8.26. The van der Waals surface area contributed by atoms with E-state index in [2.05, 4.69) is 20.6 Å². The van der Waals surface area contributed by atoms with E-state index in [1.54, 1.807) is 38.4 Å². The summed E-state index contributed by atoms with van der Waals surface area (Å²) in [6.07, 6.45) is 0. The molecule has 0 saturated carbocycles. The Kier molecular flexibility index (Phi) is 7.18. The Balaban J connectivity index is 1.49. The molecule has 2 unspecified atom stereocenters. The van der Waals surface area contributed by atoms with Gasteiger partial charge in [0.2, 0.25) is 0 Å². The van der Waals surface area contributed by atoms with Gasteiger partial charge in [0, 0.05) is 51.3 Å². The number of anilines is 1. The molecule has 2 aromatic carbocycles. The lowest BCUT2D eigenvalue weighted by Crippen LogP contribution is -2.42. The fourth-order valence-corrected chi connectivity index (χ4v) is 4.22. The molecule has 1 saturated heterocycles. The van der Waals surface area contributed by atoms with Gasteiger partial charge in [-0.2, -0.15) is 5.10 Å². The van der Waals surface area contributed by atoms with Crippen LogP contribution in [0.2, 0.25) is 0 Å². The largest absolute Gasteiger partial charge is 0.383 e. The van der Waals surface area contributed by atoms with Crippen molar-refractivity contribution in [3.8, 4) is 11.3 Å². The topological polar surface area (TPSA) is 71.4 Å². The Bertz CT molecular complexity index is 1170. The second kappa shape index (κ2) is 10.3. The lowest BCUT2D eigenvalue weighted by Gasteiger charge is -2.20. The van der Waals surface area contributed by atoms with Gasteiger partial charge in [-0.25, -0.2) is 18.0 Å². The molecule has 4 rings (SSSR count). The van der Waals surface area contributed by atoms with E-state index in [4.69, 9.17) is 4.74 Å². The number of urea groups is 1. The Labute approximate surface area is 195 Å². The van der Waals surface area contributed by atoms with Crippen LogP contribution in [-0.4, -0.2) is 60.1 Å². The summed E-state index contributed by atoms with van der Waals surface area (Å²) in [4.78, 5) is 14.9. The van der Waals surface area contributed by atoms with E-state index in [9.17, 15) is 18.0 Å². The summed E-state index contributed by atoms with van der Waals surface area (Å²) >= 11 is 0. The van der Waals surface area contributed by atoms with Gasteiger partial charge in [-0.1, -0.05) is 18.2 Å². The van der Waals surface area contributed by atoms with Gasteiger partial charge in [0.1, 0.15) is 11.6 Å². The third kappa shape index (κ3) is 5.23. The monoisotopic (exact) mass is 473 g/mol. The van der Waals surface area contributed by atoms with Gasteiger partial charge in [0.25, 0.3) is 0 Å². The van der Waals surface area contributed by atoms with Gasteiger partial charge >= 0.3 is 6.03 Å². The molecular weight excluding hydrogens is 447 g/mol. The number of carbonyl (C=O) groups is 1. The first-order valence-electron chi connectivity index (χ1n) is 10.9. The van der Waals surface area contributed by atoms with Crippen LogP contribution < -0.4 is 10.6 Å². The maximum Gasteiger partial charge on any atom is 0.320 e. The van der Waals surface area contributed by atoms with Crippen molar-refractivity contribution in [2.24, 2.45) is 7.05 Å². The standard InChI is InChI=1S/C24H26F3N5O2/c1-31-23(12-21(30-31)16-5-3-4-6-18(16)25)29-24(33)28-22-14-32(9-10-34-2)13-17(22)15-7-8-19(26)20(27)11-15/h3-8,11-12,17,22H,9-10,13-14H2,1-2H3,(H2,28,29,33). The van der Waals surface area contributed by atoms with E-state index in [0.717, 1.165) is 6.07 Å². The van der Waals surface area contributed by atoms with Gasteiger partial charge in [-0.15, -0.1) is 0 Å². The van der Waals surface area contributed by atoms with Crippen molar-refractivity contribution < 1.29 is 22.7 Å². The van der Waals surface area contributed by atoms with Crippen LogP contribution in [0, 0.1) is 17.5 Å². The molecule has 0 radical (unpaired) electrons. The summed E-state index contributed by atoms with van der Waals surface area (Å²) in [5, 5.41) is 9.98. The quantitative estimate of drug-likeness (QED) is 0.549. The summed E-state index contributed by atoms with van der Waals surface area (Å²) in [6.45, 7) is 2.23. The predicted molar refractivity (Wildman–Crippen MR) is 122 cm³/mol. The van der Waals surface area contributed by atoms with Gasteiger partial charge < -0.3 is 10.1 Å². The number of aromatic nitrogens is 2. The highest BCUT2D eigenvalue weighted by molar-refractivity contribution is 5.89. The van der Waals surface area contributed by atoms with Crippen LogP contribution in [0.5, 0.6) is 0 Å². The summed E-state index contributed by atoms with van der Waals surface area (Å²) in [7, 11) is 3.25. The molecule has 1 aromatic heterocycles. The molecule has 34 heavy (non-hydrogen) atoms. The maximum absolute atomic E-state index is 14.1. The zero-order valence-corrected chi connectivity index (χ0v) is 18.9. The minimum absolute atomic E-state index is 0.238. The Morgan fingerprint density at radius 1 is 1.09 bits per heavy atom. The van der Waals surface area contributed by atoms with Crippen molar-refractivity contribution in [2.75, 3.05) is 38.7 Å². The number of aryl methyl sites for hydroxylation is 1. The Morgan fingerprint density at radius 3 is 2.62 bits per heavy atom. The number of hydrogen-bond acceptors (Lipinski definition) is 4. The van der Waals surface area contributed by atoms with Gasteiger partial charge in [-0.05, 0) is 29.8 Å². The minimum atomic E-state index is -0.924. The smallest absolute Gasteiger partial charge is 0.320 e. The Hall–Kier alpha value is -3.37. The average Bonchev–Trinajstić information content (AvgIpc) is 3.37. The third-order valence-corrected chi connectivity index (χ3v) is 5.97. The summed E-state index contributed by atoms with van der Waals surface area (Å²) in [6, 6.07) is 10.8. The van der Waals surface area contributed by atoms with Gasteiger partial charge in [0.05, 0.1) is 18.3 Å². The maximum atomic E-state index is 14.1. The van der Waals surface area contributed by atoms with Crippen molar-refractivity contribution in [3.63, 3.8) is 0 Å². The second-order valence-corrected chi connectivity index (χ2v) is 8.26. The molecule has 10 heteroatoms. The highest BCUT2D eigenvalue weighted by Crippen LogP contribution is 2.29.